The van der Waals surface area contributed by atoms with Gasteiger partial charge in [0.1, 0.15) is 0 Å². The fraction of sp³-hybridized carbons (Fsp3) is 0.500. The van der Waals surface area contributed by atoms with Gasteiger partial charge in [0.2, 0.25) is 5.89 Å². The second kappa shape index (κ2) is 7.65. The monoisotopic (exact) mass is 344 g/mol. The smallest absolute Gasteiger partial charge is 0.315 e. The lowest BCUT2D eigenvalue weighted by Crippen LogP contribution is -2.41. The Balaban J connectivity index is 1.42. The maximum absolute atomic E-state index is 12.1. The first-order valence-electron chi connectivity index (χ1n) is 8.67. The molecule has 2 amide bonds. The van der Waals surface area contributed by atoms with E-state index >= 15 is 0 Å². The van der Waals surface area contributed by atoms with E-state index in [1.807, 2.05) is 38.1 Å². The zero-order valence-electron chi connectivity index (χ0n) is 14.5. The van der Waals surface area contributed by atoms with Gasteiger partial charge in [0.25, 0.3) is 0 Å². The third kappa shape index (κ3) is 4.17. The van der Waals surface area contributed by atoms with Crippen molar-refractivity contribution in [3.05, 3.63) is 47.1 Å². The molecular formula is C18H24N4O3. The van der Waals surface area contributed by atoms with Gasteiger partial charge in [-0.25, -0.2) is 4.79 Å². The van der Waals surface area contributed by atoms with Crippen molar-refractivity contribution in [3.8, 4) is 0 Å². The summed E-state index contributed by atoms with van der Waals surface area (Å²) < 4.78 is 5.17. The normalized spacial score (nSPS) is 19.0. The SMILES string of the molecule is CC(C)c1noc(CCCNC(=O)N[C@@H]2c3ccccc3C[C@@H]2O)n1. The molecule has 2 atom stereocenters. The van der Waals surface area contributed by atoms with Gasteiger partial charge in [0.15, 0.2) is 5.82 Å². The third-order valence-electron chi connectivity index (χ3n) is 4.34. The number of aromatic nitrogens is 2. The Morgan fingerprint density at radius 3 is 2.96 bits per heavy atom. The molecule has 0 saturated carbocycles. The van der Waals surface area contributed by atoms with Gasteiger partial charge in [-0.1, -0.05) is 43.3 Å². The van der Waals surface area contributed by atoms with Crippen LogP contribution in [0.5, 0.6) is 0 Å². The highest BCUT2D eigenvalue weighted by Gasteiger charge is 2.31. The van der Waals surface area contributed by atoms with E-state index in [0.29, 0.717) is 37.5 Å². The van der Waals surface area contributed by atoms with Crippen molar-refractivity contribution in [2.24, 2.45) is 0 Å². The van der Waals surface area contributed by atoms with Gasteiger partial charge in [0, 0.05) is 25.3 Å². The molecule has 134 valence electrons. The summed E-state index contributed by atoms with van der Waals surface area (Å²) in [7, 11) is 0. The van der Waals surface area contributed by atoms with E-state index in [2.05, 4.69) is 20.8 Å². The Morgan fingerprint density at radius 1 is 1.40 bits per heavy atom. The summed E-state index contributed by atoms with van der Waals surface area (Å²) in [4.78, 5) is 16.4. The third-order valence-corrected chi connectivity index (χ3v) is 4.34. The zero-order valence-corrected chi connectivity index (χ0v) is 14.5. The predicted molar refractivity (Wildman–Crippen MR) is 92.1 cm³/mol. The molecule has 3 N–H and O–H groups in total. The van der Waals surface area contributed by atoms with E-state index in [4.69, 9.17) is 4.52 Å². The number of hydrogen-bond donors (Lipinski definition) is 3. The molecule has 0 fully saturated rings. The Hall–Kier alpha value is -2.41. The number of aliphatic hydroxyl groups is 1. The second-order valence-corrected chi connectivity index (χ2v) is 6.65. The minimum Gasteiger partial charge on any atom is -0.390 e. The highest BCUT2D eigenvalue weighted by atomic mass is 16.5. The first kappa shape index (κ1) is 17.4. The van der Waals surface area contributed by atoms with Crippen LogP contribution < -0.4 is 10.6 Å². The molecule has 1 aliphatic rings. The summed E-state index contributed by atoms with van der Waals surface area (Å²) in [6.07, 6.45) is 1.30. The zero-order chi connectivity index (χ0) is 17.8. The van der Waals surface area contributed by atoms with E-state index in [-0.39, 0.29) is 18.0 Å². The lowest BCUT2D eigenvalue weighted by Gasteiger charge is -2.18. The van der Waals surface area contributed by atoms with E-state index in [1.165, 1.54) is 0 Å². The van der Waals surface area contributed by atoms with Crippen molar-refractivity contribution in [2.75, 3.05) is 6.54 Å². The Kier molecular flexibility index (Phi) is 5.33. The number of carbonyl (C=O) groups is 1. The Morgan fingerprint density at radius 2 is 2.20 bits per heavy atom. The first-order chi connectivity index (χ1) is 12.0. The van der Waals surface area contributed by atoms with Crippen LogP contribution in [0.1, 0.15) is 55.1 Å². The molecule has 2 aromatic rings. The van der Waals surface area contributed by atoms with Crippen molar-refractivity contribution in [2.45, 2.75) is 51.2 Å². The molecule has 1 heterocycles. The molecule has 0 saturated heterocycles. The van der Waals surface area contributed by atoms with Crippen molar-refractivity contribution in [1.82, 2.24) is 20.8 Å². The molecule has 0 unspecified atom stereocenters. The molecule has 0 bridgehead atoms. The standard InChI is InChI=1S/C18H24N4O3/c1-11(2)17-20-15(25-22-17)8-5-9-19-18(24)21-16-13-7-4-3-6-12(13)10-14(16)23/h3-4,6-7,11,14,16,23H,5,8-10H2,1-2H3,(H2,19,21,24)/t14-,16+/m0/s1. The number of aliphatic hydroxyl groups excluding tert-OH is 1. The molecule has 1 aliphatic carbocycles. The quantitative estimate of drug-likeness (QED) is 0.697. The molecule has 0 spiro atoms. The van der Waals surface area contributed by atoms with Crippen LogP contribution in [-0.4, -0.2) is 33.9 Å². The number of urea groups is 1. The van der Waals surface area contributed by atoms with Crippen molar-refractivity contribution < 1.29 is 14.4 Å². The number of aryl methyl sites for hydroxylation is 1. The largest absolute Gasteiger partial charge is 0.390 e. The summed E-state index contributed by atoms with van der Waals surface area (Å²) in [5.41, 5.74) is 2.06. The molecule has 1 aromatic heterocycles. The molecule has 0 aliphatic heterocycles. The summed E-state index contributed by atoms with van der Waals surface area (Å²) in [5, 5.41) is 19.7. The molecule has 25 heavy (non-hydrogen) atoms. The number of carbonyl (C=O) groups excluding carboxylic acids is 1. The van der Waals surface area contributed by atoms with E-state index < -0.39 is 6.10 Å². The van der Waals surface area contributed by atoms with Crippen LogP contribution in [0, 0.1) is 0 Å². The van der Waals surface area contributed by atoms with Gasteiger partial charge in [0.05, 0.1) is 12.1 Å². The molecule has 3 rings (SSSR count). The minimum absolute atomic E-state index is 0.238. The number of rotatable bonds is 6. The van der Waals surface area contributed by atoms with E-state index in [0.717, 1.165) is 11.1 Å². The Bertz CT molecular complexity index is 729. The second-order valence-electron chi connectivity index (χ2n) is 6.65. The molecule has 0 radical (unpaired) electrons. The van der Waals surface area contributed by atoms with E-state index in [9.17, 15) is 9.90 Å². The average Bonchev–Trinajstić information content (AvgIpc) is 3.17. The molecular weight excluding hydrogens is 320 g/mol. The van der Waals surface area contributed by atoms with Crippen molar-refractivity contribution in [1.29, 1.82) is 0 Å². The molecule has 7 heteroatoms. The van der Waals surface area contributed by atoms with Crippen LogP contribution in [0.25, 0.3) is 0 Å². The van der Waals surface area contributed by atoms with Gasteiger partial charge in [-0.2, -0.15) is 4.98 Å². The molecule has 7 nitrogen and oxygen atoms in total. The van der Waals surface area contributed by atoms with Gasteiger partial charge >= 0.3 is 6.03 Å². The van der Waals surface area contributed by atoms with Crippen molar-refractivity contribution >= 4 is 6.03 Å². The predicted octanol–water partition coefficient (Wildman–Crippen LogP) is 2.08. The number of nitrogens with zero attached hydrogens (tertiary/aromatic N) is 2. The fourth-order valence-corrected chi connectivity index (χ4v) is 2.99. The summed E-state index contributed by atoms with van der Waals surface area (Å²) >= 11 is 0. The maximum atomic E-state index is 12.1. The lowest BCUT2D eigenvalue weighted by molar-refractivity contribution is 0.142. The van der Waals surface area contributed by atoms with Crippen LogP contribution in [0.2, 0.25) is 0 Å². The van der Waals surface area contributed by atoms with Crippen molar-refractivity contribution in [3.63, 3.8) is 0 Å². The summed E-state index contributed by atoms with van der Waals surface area (Å²) in [6.45, 7) is 4.52. The number of fused-ring (bicyclic) bond motifs is 1. The van der Waals surface area contributed by atoms with Crippen LogP contribution in [0.4, 0.5) is 4.79 Å². The maximum Gasteiger partial charge on any atom is 0.315 e. The minimum atomic E-state index is -0.587. The Labute approximate surface area is 146 Å². The van der Waals surface area contributed by atoms with Gasteiger partial charge in [-0.05, 0) is 17.5 Å². The lowest BCUT2D eigenvalue weighted by atomic mass is 10.1. The van der Waals surface area contributed by atoms with Gasteiger partial charge in [-0.3, -0.25) is 0 Å². The number of hydrogen-bond acceptors (Lipinski definition) is 5. The van der Waals surface area contributed by atoms with Crippen LogP contribution in [0.3, 0.4) is 0 Å². The number of benzene rings is 1. The first-order valence-corrected chi connectivity index (χ1v) is 8.67. The summed E-state index contributed by atoms with van der Waals surface area (Å²) in [6, 6.07) is 7.14. The highest BCUT2D eigenvalue weighted by molar-refractivity contribution is 5.74. The molecule has 1 aromatic carbocycles. The average molecular weight is 344 g/mol. The fourth-order valence-electron chi connectivity index (χ4n) is 2.99. The number of nitrogens with one attached hydrogen (secondary N) is 2. The van der Waals surface area contributed by atoms with Crippen LogP contribution in [0.15, 0.2) is 28.8 Å². The highest BCUT2D eigenvalue weighted by Crippen LogP contribution is 2.30. The van der Waals surface area contributed by atoms with E-state index in [1.54, 1.807) is 0 Å². The topological polar surface area (TPSA) is 100 Å². The summed E-state index contributed by atoms with van der Waals surface area (Å²) in [5.74, 6) is 1.53. The van der Waals surface area contributed by atoms with Crippen LogP contribution >= 0.6 is 0 Å². The van der Waals surface area contributed by atoms with Crippen LogP contribution in [-0.2, 0) is 12.8 Å². The number of amides is 2. The van der Waals surface area contributed by atoms with Gasteiger partial charge < -0.3 is 20.3 Å². The van der Waals surface area contributed by atoms with Gasteiger partial charge in [-0.15, -0.1) is 0 Å².